The van der Waals surface area contributed by atoms with Gasteiger partial charge in [0.1, 0.15) is 0 Å². The van der Waals surface area contributed by atoms with Crippen LogP contribution in [0.25, 0.3) is 0 Å². The zero-order valence-electron chi connectivity index (χ0n) is 4.01. The Bertz CT molecular complexity index is 118. The predicted molar refractivity (Wildman–Crippen MR) is 26.0 cm³/mol. The normalized spacial score (nSPS) is 6.43. The van der Waals surface area contributed by atoms with Crippen molar-refractivity contribution in [2.75, 3.05) is 0 Å². The fraction of sp³-hybridized carbons (Fsp3) is 0.200. The van der Waals surface area contributed by atoms with Gasteiger partial charge in [-0.1, -0.05) is 0 Å². The second-order valence-electron chi connectivity index (χ2n) is 0.938. The number of carboxylic acid groups (broad SMARTS) is 1. The molecule has 0 aliphatic heterocycles. The van der Waals surface area contributed by atoms with Crippen molar-refractivity contribution in [1.82, 2.24) is 0 Å². The number of carboxylic acids is 1. The highest BCUT2D eigenvalue weighted by Crippen LogP contribution is 1.64. The Balaban J connectivity index is 3.70. The van der Waals surface area contributed by atoms with Crippen LogP contribution in [0.5, 0.6) is 0 Å². The third kappa shape index (κ3) is 4.99. The molecule has 0 amide bonds. The topological polar surface area (TPSA) is 37.3 Å². The second kappa shape index (κ2) is 3.19. The number of hydrogen-bond donors (Lipinski definition) is 1. The highest BCUT2D eigenvalue weighted by atomic mass is 16.4. The van der Waals surface area contributed by atoms with Crippen LogP contribution in [-0.2, 0) is 4.79 Å². The number of aliphatic carboxylic acids is 1. The van der Waals surface area contributed by atoms with Gasteiger partial charge >= 0.3 is 5.97 Å². The summed E-state index contributed by atoms with van der Waals surface area (Å²) >= 11 is 0. The van der Waals surface area contributed by atoms with Crippen LogP contribution in [0.15, 0.2) is 17.9 Å². The van der Waals surface area contributed by atoms with Gasteiger partial charge in [-0.25, -0.2) is 4.79 Å². The van der Waals surface area contributed by atoms with Gasteiger partial charge in [0.25, 0.3) is 0 Å². The summed E-state index contributed by atoms with van der Waals surface area (Å²) in [6, 6.07) is 0. The monoisotopic (exact) mass is 98.0 g/mol. The Morgan fingerprint density at radius 2 is 2.43 bits per heavy atom. The first-order valence-electron chi connectivity index (χ1n) is 1.87. The zero-order valence-corrected chi connectivity index (χ0v) is 4.01. The predicted octanol–water partition coefficient (Wildman–Crippen LogP) is 0.802. The zero-order chi connectivity index (χ0) is 5.70. The van der Waals surface area contributed by atoms with Crippen molar-refractivity contribution in [3.05, 3.63) is 17.9 Å². The third-order valence-corrected chi connectivity index (χ3v) is 0.373. The first-order chi connectivity index (χ1) is 3.27. The van der Waals surface area contributed by atoms with E-state index in [4.69, 9.17) is 5.11 Å². The maximum absolute atomic E-state index is 9.62. The summed E-state index contributed by atoms with van der Waals surface area (Å²) in [5.74, 6) is -0.960. The Morgan fingerprint density at radius 1 is 1.86 bits per heavy atom. The van der Waals surface area contributed by atoms with Crippen molar-refractivity contribution in [3.8, 4) is 0 Å². The maximum atomic E-state index is 9.62. The van der Waals surface area contributed by atoms with E-state index in [1.807, 2.05) is 0 Å². The summed E-state index contributed by atoms with van der Waals surface area (Å²) in [5, 5.41) is 7.91. The Morgan fingerprint density at radius 3 is 2.57 bits per heavy atom. The molecule has 0 aliphatic rings. The quantitative estimate of drug-likeness (QED) is 0.389. The maximum Gasteiger partial charge on any atom is 0.336 e. The van der Waals surface area contributed by atoms with Crippen molar-refractivity contribution < 1.29 is 9.90 Å². The van der Waals surface area contributed by atoms with Gasteiger partial charge in [0, 0.05) is 0 Å². The van der Waals surface area contributed by atoms with E-state index in [0.29, 0.717) is 0 Å². The first kappa shape index (κ1) is 5.99. The van der Waals surface area contributed by atoms with Crippen molar-refractivity contribution in [1.29, 1.82) is 0 Å². The van der Waals surface area contributed by atoms with Crippen LogP contribution in [0.4, 0.5) is 0 Å². The van der Waals surface area contributed by atoms with Crippen molar-refractivity contribution in [2.45, 2.75) is 6.92 Å². The first-order valence-corrected chi connectivity index (χ1v) is 1.87. The molecule has 0 spiro atoms. The second-order valence-corrected chi connectivity index (χ2v) is 0.938. The minimum atomic E-state index is -0.960. The molecule has 0 aromatic heterocycles. The molecule has 2 nitrogen and oxygen atoms in total. The summed E-state index contributed by atoms with van der Waals surface area (Å²) < 4.78 is 0. The number of hydrogen-bond acceptors (Lipinski definition) is 1. The van der Waals surface area contributed by atoms with Crippen LogP contribution in [0.2, 0.25) is 0 Å². The molecule has 1 N–H and O–H groups in total. The number of rotatable bonds is 1. The minimum Gasteiger partial charge on any atom is -0.478 e. The highest BCUT2D eigenvalue weighted by Gasteiger charge is 1.77. The molecule has 0 saturated heterocycles. The molecule has 0 radical (unpaired) electrons. The molecule has 0 heterocycles. The molecule has 7 heavy (non-hydrogen) atoms. The van der Waals surface area contributed by atoms with Crippen LogP contribution in [0, 0.1) is 0 Å². The molecule has 0 atom stereocenters. The van der Waals surface area contributed by atoms with Crippen LogP contribution >= 0.6 is 0 Å². The molecule has 0 rings (SSSR count). The lowest BCUT2D eigenvalue weighted by Gasteiger charge is -1.66. The molecular weight excluding hydrogens is 92.1 g/mol. The molecule has 0 fully saturated rings. The largest absolute Gasteiger partial charge is 0.478 e. The van der Waals surface area contributed by atoms with E-state index in [0.717, 1.165) is 6.08 Å². The van der Waals surface area contributed by atoms with Crippen LogP contribution in [0.3, 0.4) is 0 Å². The highest BCUT2D eigenvalue weighted by molar-refractivity contribution is 5.79. The van der Waals surface area contributed by atoms with Crippen LogP contribution < -0.4 is 0 Å². The standard InChI is InChI=1S/C5H6O2/c1-2-3-4-5(6)7/h2,4H,1H3,(H,6,7). The summed E-state index contributed by atoms with van der Waals surface area (Å²) in [6.45, 7) is 1.71. The van der Waals surface area contributed by atoms with E-state index in [2.05, 4.69) is 5.73 Å². The molecule has 0 saturated carbocycles. The van der Waals surface area contributed by atoms with Gasteiger partial charge in [-0.3, -0.25) is 0 Å². The average molecular weight is 98.1 g/mol. The molecule has 0 unspecified atom stereocenters. The molecule has 0 aromatic carbocycles. The summed E-state index contributed by atoms with van der Waals surface area (Å²) in [4.78, 5) is 9.62. The number of carbonyl (C=O) groups is 1. The molecule has 0 aliphatic carbocycles. The SMILES string of the molecule is CC=C=CC(=O)O. The van der Waals surface area contributed by atoms with E-state index >= 15 is 0 Å². The summed E-state index contributed by atoms with van der Waals surface area (Å²) in [6.07, 6.45) is 2.49. The van der Waals surface area contributed by atoms with Gasteiger partial charge in [0.05, 0.1) is 6.08 Å². The summed E-state index contributed by atoms with van der Waals surface area (Å²) in [5.41, 5.74) is 2.40. The molecule has 0 aromatic rings. The van der Waals surface area contributed by atoms with Crippen molar-refractivity contribution in [2.24, 2.45) is 0 Å². The van der Waals surface area contributed by atoms with E-state index in [1.54, 1.807) is 6.92 Å². The van der Waals surface area contributed by atoms with Gasteiger partial charge in [0.2, 0.25) is 0 Å². The minimum absolute atomic E-state index is 0.958. The average Bonchev–Trinajstić information content (AvgIpc) is 1.61. The lowest BCUT2D eigenvalue weighted by Crippen LogP contribution is -1.82. The fourth-order valence-corrected chi connectivity index (χ4v) is 0.155. The van der Waals surface area contributed by atoms with Gasteiger partial charge in [-0.2, -0.15) is 0 Å². The fourth-order valence-electron chi connectivity index (χ4n) is 0.155. The van der Waals surface area contributed by atoms with Crippen molar-refractivity contribution in [3.63, 3.8) is 0 Å². The summed E-state index contributed by atoms with van der Waals surface area (Å²) in [7, 11) is 0. The molecule has 0 bridgehead atoms. The van der Waals surface area contributed by atoms with E-state index in [9.17, 15) is 4.79 Å². The van der Waals surface area contributed by atoms with E-state index in [-0.39, 0.29) is 0 Å². The Labute approximate surface area is 41.8 Å². The van der Waals surface area contributed by atoms with Crippen LogP contribution in [0.1, 0.15) is 6.92 Å². The molecule has 2 heteroatoms. The lowest BCUT2D eigenvalue weighted by atomic mass is 10.6. The lowest BCUT2D eigenvalue weighted by molar-refractivity contribution is -0.131. The van der Waals surface area contributed by atoms with Gasteiger partial charge in [-0.05, 0) is 13.0 Å². The Kier molecular flexibility index (Phi) is 2.73. The third-order valence-electron chi connectivity index (χ3n) is 0.373. The van der Waals surface area contributed by atoms with Crippen molar-refractivity contribution >= 4 is 5.97 Å². The van der Waals surface area contributed by atoms with E-state index < -0.39 is 5.97 Å². The molecular formula is C5H6O2. The van der Waals surface area contributed by atoms with Crippen LogP contribution in [-0.4, -0.2) is 11.1 Å². The smallest absolute Gasteiger partial charge is 0.336 e. The van der Waals surface area contributed by atoms with Gasteiger partial charge in [-0.15, -0.1) is 5.73 Å². The van der Waals surface area contributed by atoms with Gasteiger partial charge < -0.3 is 5.11 Å². The Hall–Kier alpha value is -1.01. The van der Waals surface area contributed by atoms with Gasteiger partial charge in [0.15, 0.2) is 0 Å². The van der Waals surface area contributed by atoms with E-state index in [1.165, 1.54) is 6.08 Å². The molecule has 38 valence electrons.